The molecule has 1 aliphatic heterocycles. The van der Waals surface area contributed by atoms with Gasteiger partial charge in [-0.2, -0.15) is 5.10 Å². The molecule has 138 valence electrons. The first kappa shape index (κ1) is 16.8. The van der Waals surface area contributed by atoms with E-state index < -0.39 is 5.41 Å². The molecular weight excluding hydrogens is 344 g/mol. The van der Waals surface area contributed by atoms with Crippen LogP contribution in [-0.4, -0.2) is 16.4 Å². The van der Waals surface area contributed by atoms with Crippen molar-refractivity contribution < 1.29 is 4.74 Å². The molecule has 0 spiro atoms. The van der Waals surface area contributed by atoms with Gasteiger partial charge in [0.15, 0.2) is 0 Å². The molecule has 0 unspecified atom stereocenters. The smallest absolute Gasteiger partial charge is 0.212 e. The molecule has 4 aromatic rings. The highest BCUT2D eigenvalue weighted by Gasteiger charge is 2.41. The van der Waals surface area contributed by atoms with Crippen LogP contribution in [0.2, 0.25) is 0 Å². The Bertz CT molecular complexity index is 936. The molecule has 0 fully saturated rings. The molecule has 3 aromatic carbocycles. The standard InChI is InChI=1S/C25H22N2O/c1-4-11-20(12-5-1)25(21-13-6-2-7-14-21,22-15-8-3-9-16-22)23-19-24-27(26-23)17-10-18-28-24/h1-9,11-16,19H,10,17-18H2. The molecule has 0 saturated heterocycles. The van der Waals surface area contributed by atoms with Crippen LogP contribution in [0.4, 0.5) is 0 Å². The van der Waals surface area contributed by atoms with E-state index in [-0.39, 0.29) is 0 Å². The number of hydrogen-bond donors (Lipinski definition) is 0. The molecule has 0 radical (unpaired) electrons. The van der Waals surface area contributed by atoms with Crippen LogP contribution in [0.25, 0.3) is 0 Å². The Kier molecular flexibility index (Phi) is 4.21. The van der Waals surface area contributed by atoms with Crippen LogP contribution >= 0.6 is 0 Å². The molecule has 0 aliphatic carbocycles. The second-order valence-corrected chi connectivity index (χ2v) is 7.14. The van der Waals surface area contributed by atoms with Gasteiger partial charge in [0.05, 0.1) is 17.7 Å². The Balaban J connectivity index is 1.86. The summed E-state index contributed by atoms with van der Waals surface area (Å²) in [6.07, 6.45) is 0.989. The topological polar surface area (TPSA) is 27.1 Å². The van der Waals surface area contributed by atoms with Crippen LogP contribution in [0.15, 0.2) is 97.1 Å². The Morgan fingerprint density at radius 3 is 1.68 bits per heavy atom. The third kappa shape index (κ3) is 2.63. The highest BCUT2D eigenvalue weighted by Crippen LogP contribution is 2.45. The van der Waals surface area contributed by atoms with Gasteiger partial charge in [0.1, 0.15) is 0 Å². The minimum absolute atomic E-state index is 0.503. The summed E-state index contributed by atoms with van der Waals surface area (Å²) in [7, 11) is 0. The zero-order chi connectivity index (χ0) is 18.8. The number of nitrogens with zero attached hydrogens (tertiary/aromatic N) is 2. The highest BCUT2D eigenvalue weighted by atomic mass is 16.5. The lowest BCUT2D eigenvalue weighted by Crippen LogP contribution is -2.31. The maximum Gasteiger partial charge on any atom is 0.212 e. The molecule has 3 nitrogen and oxygen atoms in total. The van der Waals surface area contributed by atoms with Crippen molar-refractivity contribution in [1.29, 1.82) is 0 Å². The van der Waals surface area contributed by atoms with E-state index in [4.69, 9.17) is 9.84 Å². The molecule has 1 aliphatic rings. The van der Waals surface area contributed by atoms with Crippen LogP contribution < -0.4 is 4.74 Å². The van der Waals surface area contributed by atoms with Crippen molar-refractivity contribution in [2.45, 2.75) is 18.4 Å². The Morgan fingerprint density at radius 2 is 1.21 bits per heavy atom. The van der Waals surface area contributed by atoms with Gasteiger partial charge < -0.3 is 4.74 Å². The normalized spacial score (nSPS) is 13.6. The molecule has 28 heavy (non-hydrogen) atoms. The number of rotatable bonds is 4. The fraction of sp³-hybridized carbons (Fsp3) is 0.160. The summed E-state index contributed by atoms with van der Waals surface area (Å²) in [4.78, 5) is 0. The second-order valence-electron chi connectivity index (χ2n) is 7.14. The van der Waals surface area contributed by atoms with E-state index in [2.05, 4.69) is 97.1 Å². The van der Waals surface area contributed by atoms with Crippen molar-refractivity contribution in [2.24, 2.45) is 0 Å². The minimum atomic E-state index is -0.503. The largest absolute Gasteiger partial charge is 0.478 e. The second kappa shape index (κ2) is 7.01. The molecule has 0 atom stereocenters. The fourth-order valence-electron chi connectivity index (χ4n) is 4.26. The van der Waals surface area contributed by atoms with E-state index >= 15 is 0 Å². The molecule has 0 saturated carbocycles. The monoisotopic (exact) mass is 366 g/mol. The molecule has 3 heteroatoms. The molecular formula is C25H22N2O. The predicted octanol–water partition coefficient (Wildman–Crippen LogP) is 5.05. The first-order valence-corrected chi connectivity index (χ1v) is 9.77. The third-order valence-corrected chi connectivity index (χ3v) is 5.51. The van der Waals surface area contributed by atoms with Gasteiger partial charge in [-0.15, -0.1) is 0 Å². The van der Waals surface area contributed by atoms with E-state index in [1.54, 1.807) is 0 Å². The summed E-state index contributed by atoms with van der Waals surface area (Å²) in [6, 6.07) is 34.1. The van der Waals surface area contributed by atoms with Crippen LogP contribution in [-0.2, 0) is 12.0 Å². The van der Waals surface area contributed by atoms with E-state index in [1.807, 2.05) is 4.68 Å². The number of fused-ring (bicyclic) bond motifs is 1. The number of ether oxygens (including phenoxy) is 1. The quantitative estimate of drug-likeness (QED) is 0.473. The molecule has 0 bridgehead atoms. The average Bonchev–Trinajstić information content (AvgIpc) is 3.21. The lowest BCUT2D eigenvalue weighted by Gasteiger charge is -2.34. The van der Waals surface area contributed by atoms with Gasteiger partial charge in [0.2, 0.25) is 5.88 Å². The Labute approximate surface area is 165 Å². The highest BCUT2D eigenvalue weighted by molar-refractivity contribution is 5.58. The van der Waals surface area contributed by atoms with Gasteiger partial charge in [-0.1, -0.05) is 91.0 Å². The van der Waals surface area contributed by atoms with E-state index in [0.717, 1.165) is 31.1 Å². The molecule has 0 N–H and O–H groups in total. The van der Waals surface area contributed by atoms with E-state index in [9.17, 15) is 0 Å². The molecule has 2 heterocycles. The van der Waals surface area contributed by atoms with Gasteiger partial charge >= 0.3 is 0 Å². The lowest BCUT2D eigenvalue weighted by molar-refractivity contribution is 0.230. The Hall–Kier alpha value is -3.33. The average molecular weight is 366 g/mol. The predicted molar refractivity (Wildman–Crippen MR) is 111 cm³/mol. The fourth-order valence-corrected chi connectivity index (χ4v) is 4.26. The lowest BCUT2D eigenvalue weighted by atomic mass is 9.67. The molecule has 5 rings (SSSR count). The van der Waals surface area contributed by atoms with Crippen molar-refractivity contribution >= 4 is 0 Å². The van der Waals surface area contributed by atoms with Crippen molar-refractivity contribution in [3.05, 3.63) is 119 Å². The zero-order valence-corrected chi connectivity index (χ0v) is 15.7. The summed E-state index contributed by atoms with van der Waals surface area (Å²) in [6.45, 7) is 1.64. The first-order valence-electron chi connectivity index (χ1n) is 9.77. The zero-order valence-electron chi connectivity index (χ0n) is 15.7. The minimum Gasteiger partial charge on any atom is -0.478 e. The third-order valence-electron chi connectivity index (χ3n) is 5.51. The number of benzene rings is 3. The summed E-state index contributed by atoms with van der Waals surface area (Å²) in [5, 5.41) is 5.04. The summed E-state index contributed by atoms with van der Waals surface area (Å²) in [5.74, 6) is 0.855. The maximum atomic E-state index is 5.91. The van der Waals surface area contributed by atoms with E-state index in [0.29, 0.717) is 0 Å². The van der Waals surface area contributed by atoms with Crippen LogP contribution in [0.3, 0.4) is 0 Å². The molecule has 0 amide bonds. The maximum absolute atomic E-state index is 5.91. The van der Waals surface area contributed by atoms with Gasteiger partial charge in [0.25, 0.3) is 0 Å². The summed E-state index contributed by atoms with van der Waals surface area (Å²) < 4.78 is 7.91. The Morgan fingerprint density at radius 1 is 0.714 bits per heavy atom. The van der Waals surface area contributed by atoms with Crippen LogP contribution in [0, 0.1) is 0 Å². The van der Waals surface area contributed by atoms with Crippen LogP contribution in [0.1, 0.15) is 28.8 Å². The van der Waals surface area contributed by atoms with E-state index in [1.165, 1.54) is 16.7 Å². The van der Waals surface area contributed by atoms with Gasteiger partial charge in [-0.05, 0) is 16.7 Å². The van der Waals surface area contributed by atoms with Gasteiger partial charge in [-0.25, -0.2) is 4.68 Å². The van der Waals surface area contributed by atoms with Crippen molar-refractivity contribution in [3.8, 4) is 5.88 Å². The first-order chi connectivity index (χ1) is 13.9. The SMILES string of the molecule is c1ccc(C(c2ccccc2)(c2ccccc2)c2cc3n(n2)CCCO3)cc1. The summed E-state index contributed by atoms with van der Waals surface area (Å²) >= 11 is 0. The number of aryl methyl sites for hydroxylation is 1. The number of aromatic nitrogens is 2. The van der Waals surface area contributed by atoms with Gasteiger partial charge in [0, 0.05) is 19.0 Å². The van der Waals surface area contributed by atoms with Crippen molar-refractivity contribution in [3.63, 3.8) is 0 Å². The van der Waals surface area contributed by atoms with Gasteiger partial charge in [-0.3, -0.25) is 0 Å². The van der Waals surface area contributed by atoms with Crippen LogP contribution in [0.5, 0.6) is 5.88 Å². The summed E-state index contributed by atoms with van der Waals surface area (Å²) in [5.41, 5.74) is 4.08. The number of hydrogen-bond acceptors (Lipinski definition) is 2. The molecule has 1 aromatic heterocycles. The van der Waals surface area contributed by atoms with Crippen molar-refractivity contribution in [1.82, 2.24) is 9.78 Å². The van der Waals surface area contributed by atoms with Crippen molar-refractivity contribution in [2.75, 3.05) is 6.61 Å².